The molecule has 1 heterocycles. The highest BCUT2D eigenvalue weighted by Gasteiger charge is 2.28. The first-order valence-electron chi connectivity index (χ1n) is 8.33. The van der Waals surface area contributed by atoms with Gasteiger partial charge in [0.25, 0.3) is 0 Å². The van der Waals surface area contributed by atoms with E-state index in [1.807, 2.05) is 18.2 Å². The molecule has 0 aliphatic carbocycles. The summed E-state index contributed by atoms with van der Waals surface area (Å²) in [6.07, 6.45) is 0.829. The second-order valence-corrected chi connectivity index (χ2v) is 6.86. The van der Waals surface area contributed by atoms with Gasteiger partial charge in [-0.25, -0.2) is 9.78 Å². The van der Waals surface area contributed by atoms with Gasteiger partial charge in [-0.15, -0.1) is 0 Å². The van der Waals surface area contributed by atoms with E-state index >= 15 is 0 Å². The van der Waals surface area contributed by atoms with Crippen LogP contribution in [0.5, 0.6) is 0 Å². The van der Waals surface area contributed by atoms with Crippen LogP contribution < -0.4 is 5.32 Å². The summed E-state index contributed by atoms with van der Waals surface area (Å²) >= 11 is 0. The minimum Gasteiger partial charge on any atom is -0.444 e. The molecule has 0 fully saturated rings. The fraction of sp³-hybridized carbons (Fsp3) is 0.556. The van der Waals surface area contributed by atoms with E-state index in [2.05, 4.69) is 17.2 Å². The Morgan fingerprint density at radius 2 is 2.08 bits per heavy atom. The normalized spacial score (nSPS) is 14.4. The Hall–Kier alpha value is -2.08. The van der Waals surface area contributed by atoms with Crippen molar-refractivity contribution in [1.82, 2.24) is 10.3 Å². The van der Waals surface area contributed by atoms with E-state index in [-0.39, 0.29) is 5.89 Å². The Morgan fingerprint density at radius 1 is 1.38 bits per heavy atom. The summed E-state index contributed by atoms with van der Waals surface area (Å²) < 4.78 is 10.9. The summed E-state index contributed by atoms with van der Waals surface area (Å²) in [5.74, 6) is 0.202. The van der Waals surface area contributed by atoms with Crippen molar-refractivity contribution in [2.24, 2.45) is 0 Å². The molecule has 0 radical (unpaired) electrons. The van der Waals surface area contributed by atoms with Crippen LogP contribution in [0.25, 0.3) is 11.1 Å². The maximum Gasteiger partial charge on any atom is 0.407 e. The lowest BCUT2D eigenvalue weighted by atomic mass is 10.0. The van der Waals surface area contributed by atoms with E-state index < -0.39 is 23.8 Å². The van der Waals surface area contributed by atoms with E-state index in [1.54, 1.807) is 26.8 Å². The fourth-order valence-electron chi connectivity index (χ4n) is 2.38. The van der Waals surface area contributed by atoms with Crippen molar-refractivity contribution in [2.45, 2.75) is 64.7 Å². The number of aliphatic hydroxyl groups excluding tert-OH is 1. The van der Waals surface area contributed by atoms with Gasteiger partial charge in [-0.05, 0) is 39.3 Å². The number of benzene rings is 1. The standard InChI is InChI=1S/C18H26N2O4/c1-5-6-9-13(20-17(22)24-18(2,3)4)15(21)16-19-12-10-7-8-11-14(12)23-16/h7-8,10-11,13,15,21H,5-6,9H2,1-4H3,(H,20,22). The first kappa shape index (κ1) is 18.3. The monoisotopic (exact) mass is 334 g/mol. The van der Waals surface area contributed by atoms with Crippen LogP contribution in [-0.2, 0) is 4.74 Å². The van der Waals surface area contributed by atoms with Crippen LogP contribution in [0.4, 0.5) is 4.79 Å². The summed E-state index contributed by atoms with van der Waals surface area (Å²) in [4.78, 5) is 16.4. The molecule has 1 amide bonds. The molecule has 0 bridgehead atoms. The highest BCUT2D eigenvalue weighted by Crippen LogP contribution is 2.24. The summed E-state index contributed by atoms with van der Waals surface area (Å²) in [5, 5.41) is 13.4. The molecule has 24 heavy (non-hydrogen) atoms. The number of hydrogen-bond donors (Lipinski definition) is 2. The molecule has 0 aliphatic rings. The summed E-state index contributed by atoms with van der Waals surface area (Å²) in [5.41, 5.74) is 0.693. The number of amides is 1. The summed E-state index contributed by atoms with van der Waals surface area (Å²) in [7, 11) is 0. The van der Waals surface area contributed by atoms with Crippen molar-refractivity contribution >= 4 is 17.2 Å². The highest BCUT2D eigenvalue weighted by molar-refractivity contribution is 5.72. The maximum atomic E-state index is 12.0. The van der Waals surface area contributed by atoms with Crippen molar-refractivity contribution in [1.29, 1.82) is 0 Å². The summed E-state index contributed by atoms with van der Waals surface area (Å²) in [6.45, 7) is 7.44. The molecule has 0 spiro atoms. The number of carbonyl (C=O) groups excluding carboxylic acids is 1. The average Bonchev–Trinajstić information content (AvgIpc) is 2.92. The van der Waals surface area contributed by atoms with Crippen molar-refractivity contribution in [3.63, 3.8) is 0 Å². The number of unbranched alkanes of at least 4 members (excludes halogenated alkanes) is 1. The number of para-hydroxylation sites is 2. The zero-order chi connectivity index (χ0) is 17.7. The quantitative estimate of drug-likeness (QED) is 0.835. The van der Waals surface area contributed by atoms with E-state index in [0.29, 0.717) is 17.5 Å². The second kappa shape index (κ2) is 7.66. The lowest BCUT2D eigenvalue weighted by Gasteiger charge is -2.25. The Kier molecular flexibility index (Phi) is 5.83. The highest BCUT2D eigenvalue weighted by atomic mass is 16.6. The molecule has 6 heteroatoms. The molecule has 132 valence electrons. The Morgan fingerprint density at radius 3 is 2.71 bits per heavy atom. The number of aliphatic hydroxyl groups is 1. The number of fused-ring (bicyclic) bond motifs is 1. The second-order valence-electron chi connectivity index (χ2n) is 6.86. The van der Waals surface area contributed by atoms with Gasteiger partial charge >= 0.3 is 6.09 Å². The van der Waals surface area contributed by atoms with Gasteiger partial charge in [-0.3, -0.25) is 0 Å². The van der Waals surface area contributed by atoms with Gasteiger partial charge in [0.05, 0.1) is 6.04 Å². The Balaban J connectivity index is 2.14. The Bertz CT molecular complexity index is 642. The number of rotatable bonds is 6. The fourth-order valence-corrected chi connectivity index (χ4v) is 2.38. The topological polar surface area (TPSA) is 84.6 Å². The Labute approximate surface area is 142 Å². The lowest BCUT2D eigenvalue weighted by molar-refractivity contribution is 0.0379. The first-order chi connectivity index (χ1) is 11.3. The van der Waals surface area contributed by atoms with Gasteiger partial charge < -0.3 is 19.6 Å². The average molecular weight is 334 g/mol. The van der Waals surface area contributed by atoms with E-state index in [1.165, 1.54) is 0 Å². The molecule has 1 aromatic heterocycles. The van der Waals surface area contributed by atoms with E-state index in [0.717, 1.165) is 12.8 Å². The first-order valence-corrected chi connectivity index (χ1v) is 8.33. The molecule has 0 saturated heterocycles. The van der Waals surface area contributed by atoms with E-state index in [9.17, 15) is 9.90 Å². The number of oxazole rings is 1. The third-order valence-electron chi connectivity index (χ3n) is 3.52. The maximum absolute atomic E-state index is 12.0. The molecule has 2 unspecified atom stereocenters. The number of ether oxygens (including phenoxy) is 1. The molecule has 2 aromatic rings. The molecular formula is C18H26N2O4. The molecular weight excluding hydrogens is 308 g/mol. The van der Waals surface area contributed by atoms with Gasteiger partial charge in [0.2, 0.25) is 5.89 Å². The zero-order valence-corrected chi connectivity index (χ0v) is 14.7. The summed E-state index contributed by atoms with van der Waals surface area (Å²) in [6, 6.07) is 6.79. The molecule has 2 rings (SSSR count). The smallest absolute Gasteiger partial charge is 0.407 e. The lowest BCUT2D eigenvalue weighted by Crippen LogP contribution is -2.42. The van der Waals surface area contributed by atoms with Crippen LogP contribution in [0, 0.1) is 0 Å². The van der Waals surface area contributed by atoms with Gasteiger partial charge in [0.1, 0.15) is 11.1 Å². The van der Waals surface area contributed by atoms with Gasteiger partial charge in [-0.2, -0.15) is 0 Å². The van der Waals surface area contributed by atoms with Crippen LogP contribution in [0.3, 0.4) is 0 Å². The van der Waals surface area contributed by atoms with Crippen molar-refractivity contribution in [3.8, 4) is 0 Å². The van der Waals surface area contributed by atoms with Crippen LogP contribution >= 0.6 is 0 Å². The van der Waals surface area contributed by atoms with Gasteiger partial charge in [0.15, 0.2) is 11.7 Å². The van der Waals surface area contributed by atoms with E-state index in [4.69, 9.17) is 9.15 Å². The number of carbonyl (C=O) groups is 1. The van der Waals surface area contributed by atoms with Crippen molar-refractivity contribution in [3.05, 3.63) is 30.2 Å². The molecule has 2 atom stereocenters. The number of alkyl carbamates (subject to hydrolysis) is 1. The third kappa shape index (κ3) is 4.96. The SMILES string of the molecule is CCCCC(NC(=O)OC(C)(C)C)C(O)c1nc2ccccc2o1. The largest absolute Gasteiger partial charge is 0.444 e. The number of hydrogen-bond acceptors (Lipinski definition) is 5. The minimum absolute atomic E-state index is 0.202. The molecule has 0 saturated carbocycles. The minimum atomic E-state index is -1.03. The van der Waals surface area contributed by atoms with Crippen molar-refractivity contribution < 1.29 is 19.1 Å². The van der Waals surface area contributed by atoms with Gasteiger partial charge in [-0.1, -0.05) is 31.9 Å². The molecule has 6 nitrogen and oxygen atoms in total. The van der Waals surface area contributed by atoms with Crippen LogP contribution in [-0.4, -0.2) is 27.8 Å². The zero-order valence-electron chi connectivity index (χ0n) is 14.7. The third-order valence-corrected chi connectivity index (χ3v) is 3.52. The number of nitrogens with zero attached hydrogens (tertiary/aromatic N) is 1. The predicted octanol–water partition coefficient (Wildman–Crippen LogP) is 3.94. The number of aromatic nitrogens is 1. The van der Waals surface area contributed by atoms with Crippen LogP contribution in [0.15, 0.2) is 28.7 Å². The molecule has 0 aliphatic heterocycles. The predicted molar refractivity (Wildman–Crippen MR) is 91.7 cm³/mol. The van der Waals surface area contributed by atoms with Crippen molar-refractivity contribution in [2.75, 3.05) is 0 Å². The van der Waals surface area contributed by atoms with Gasteiger partial charge in [0, 0.05) is 0 Å². The number of nitrogens with one attached hydrogen (secondary N) is 1. The molecule has 1 aromatic carbocycles. The molecule has 2 N–H and O–H groups in total. The van der Waals surface area contributed by atoms with Crippen LogP contribution in [0.2, 0.25) is 0 Å². The van der Waals surface area contributed by atoms with Crippen LogP contribution in [0.1, 0.15) is 59.0 Å².